The topological polar surface area (TPSA) is 102 Å². The molecule has 4 rings (SSSR count). The highest BCUT2D eigenvalue weighted by Gasteiger charge is 2.38. The first-order valence-electron chi connectivity index (χ1n) is 10.8. The fourth-order valence-corrected chi connectivity index (χ4v) is 3.86. The maximum Gasteiger partial charge on any atom is 0.490 e. The summed E-state index contributed by atoms with van der Waals surface area (Å²) in [6, 6.07) is 8.68. The molecule has 35 heavy (non-hydrogen) atoms. The van der Waals surface area contributed by atoms with Crippen LogP contribution in [0.4, 0.5) is 13.2 Å². The average molecular weight is 493 g/mol. The van der Waals surface area contributed by atoms with Crippen molar-refractivity contribution in [1.29, 1.82) is 0 Å². The van der Waals surface area contributed by atoms with E-state index in [1.54, 1.807) is 12.3 Å². The van der Waals surface area contributed by atoms with Gasteiger partial charge in [-0.2, -0.15) is 18.3 Å². The lowest BCUT2D eigenvalue weighted by atomic mass is 10.0. The van der Waals surface area contributed by atoms with Crippen molar-refractivity contribution in [2.75, 3.05) is 20.2 Å². The zero-order valence-electron chi connectivity index (χ0n) is 19.3. The number of likely N-dealkylation sites (tertiary alicyclic amines) is 1. The number of piperidine rings is 1. The number of halogens is 3. The number of aryl methyl sites for hydroxylation is 1. The molecule has 0 spiro atoms. The van der Waals surface area contributed by atoms with Crippen LogP contribution in [0.25, 0.3) is 5.69 Å². The van der Waals surface area contributed by atoms with Gasteiger partial charge in [0.2, 0.25) is 0 Å². The van der Waals surface area contributed by atoms with Gasteiger partial charge in [0.1, 0.15) is 0 Å². The third kappa shape index (κ3) is 6.92. The van der Waals surface area contributed by atoms with E-state index in [4.69, 9.17) is 14.6 Å². The van der Waals surface area contributed by atoms with Gasteiger partial charge in [-0.05, 0) is 43.0 Å². The van der Waals surface area contributed by atoms with Gasteiger partial charge in [-0.15, -0.1) is 0 Å². The molecule has 0 aliphatic carbocycles. The van der Waals surface area contributed by atoms with Gasteiger partial charge in [-0.3, -0.25) is 9.58 Å². The highest BCUT2D eigenvalue weighted by Crippen LogP contribution is 2.24. The molecule has 0 radical (unpaired) electrons. The monoisotopic (exact) mass is 493 g/mol. The van der Waals surface area contributed by atoms with Crippen molar-refractivity contribution < 1.29 is 32.6 Å². The molecule has 0 unspecified atom stereocenters. The van der Waals surface area contributed by atoms with E-state index in [2.05, 4.69) is 40.1 Å². The SMILES string of the molecule is COC(=O)c1ccn(C2CCN(Cc3ccc(-n4ccnc4)c(C)c3)CC2)n1.O=C(O)C(F)(F)F. The van der Waals surface area contributed by atoms with Crippen LogP contribution in [0.15, 0.2) is 49.2 Å². The van der Waals surface area contributed by atoms with Gasteiger partial charge < -0.3 is 14.4 Å². The Kier molecular flexibility index (Phi) is 8.28. The summed E-state index contributed by atoms with van der Waals surface area (Å²) in [7, 11) is 1.38. The number of rotatable bonds is 5. The smallest absolute Gasteiger partial charge is 0.475 e. The zero-order chi connectivity index (χ0) is 25.6. The predicted molar refractivity (Wildman–Crippen MR) is 119 cm³/mol. The molecule has 3 aromatic rings. The molecule has 3 heterocycles. The molecule has 12 heteroatoms. The number of methoxy groups -OCH3 is 1. The van der Waals surface area contributed by atoms with E-state index in [1.807, 2.05) is 28.0 Å². The Morgan fingerprint density at radius 2 is 1.86 bits per heavy atom. The second kappa shape index (κ2) is 11.2. The van der Waals surface area contributed by atoms with Gasteiger partial charge in [0.05, 0.1) is 19.5 Å². The number of carboxylic acid groups (broad SMARTS) is 1. The maximum atomic E-state index is 11.6. The number of aromatic nitrogens is 4. The highest BCUT2D eigenvalue weighted by molar-refractivity contribution is 5.86. The molecule has 0 bridgehead atoms. The Balaban J connectivity index is 0.000000429. The van der Waals surface area contributed by atoms with E-state index in [0.29, 0.717) is 11.7 Å². The van der Waals surface area contributed by atoms with Crippen molar-refractivity contribution in [3.63, 3.8) is 0 Å². The number of ether oxygens (including phenoxy) is 1. The molecule has 1 aliphatic heterocycles. The molecule has 1 aromatic carbocycles. The molecule has 2 aromatic heterocycles. The quantitative estimate of drug-likeness (QED) is 0.542. The lowest BCUT2D eigenvalue weighted by molar-refractivity contribution is -0.192. The summed E-state index contributed by atoms with van der Waals surface area (Å²) in [4.78, 5) is 27.1. The lowest BCUT2D eigenvalue weighted by Crippen LogP contribution is -2.34. The minimum atomic E-state index is -5.08. The molecule has 1 N–H and O–H groups in total. The maximum absolute atomic E-state index is 11.6. The van der Waals surface area contributed by atoms with Gasteiger partial charge in [-0.1, -0.05) is 12.1 Å². The number of esters is 1. The molecule has 9 nitrogen and oxygen atoms in total. The molecular weight excluding hydrogens is 467 g/mol. The van der Waals surface area contributed by atoms with Gasteiger partial charge in [-0.25, -0.2) is 14.6 Å². The van der Waals surface area contributed by atoms with Crippen LogP contribution in [0.5, 0.6) is 0 Å². The number of carbonyl (C=O) groups excluding carboxylic acids is 1. The molecule has 0 atom stereocenters. The number of hydrogen-bond acceptors (Lipinski definition) is 6. The number of aliphatic carboxylic acids is 1. The molecular formula is C23H26F3N5O4. The Hall–Kier alpha value is -3.67. The van der Waals surface area contributed by atoms with Crippen molar-refractivity contribution in [3.05, 3.63) is 66.0 Å². The van der Waals surface area contributed by atoms with Crippen molar-refractivity contribution in [3.8, 4) is 5.69 Å². The third-order valence-electron chi connectivity index (χ3n) is 5.63. The predicted octanol–water partition coefficient (Wildman–Crippen LogP) is 3.63. The van der Waals surface area contributed by atoms with Crippen molar-refractivity contribution >= 4 is 11.9 Å². The summed E-state index contributed by atoms with van der Waals surface area (Å²) in [6.45, 7) is 5.12. The van der Waals surface area contributed by atoms with E-state index < -0.39 is 12.1 Å². The first kappa shape index (κ1) is 25.9. The zero-order valence-corrected chi connectivity index (χ0v) is 19.3. The summed E-state index contributed by atoms with van der Waals surface area (Å²) >= 11 is 0. The number of benzene rings is 1. The molecule has 1 fully saturated rings. The van der Waals surface area contributed by atoms with Crippen molar-refractivity contribution in [1.82, 2.24) is 24.2 Å². The van der Waals surface area contributed by atoms with Crippen LogP contribution in [0.3, 0.4) is 0 Å². The van der Waals surface area contributed by atoms with Crippen LogP contribution in [0.2, 0.25) is 0 Å². The van der Waals surface area contributed by atoms with Crippen LogP contribution < -0.4 is 0 Å². The first-order valence-corrected chi connectivity index (χ1v) is 10.8. The average Bonchev–Trinajstić information content (AvgIpc) is 3.52. The summed E-state index contributed by atoms with van der Waals surface area (Å²) in [6.07, 6.45) is 4.43. The number of nitrogens with zero attached hydrogens (tertiary/aromatic N) is 5. The first-order chi connectivity index (χ1) is 16.6. The van der Waals surface area contributed by atoms with Crippen LogP contribution in [-0.2, 0) is 16.1 Å². The van der Waals surface area contributed by atoms with Crippen molar-refractivity contribution in [2.24, 2.45) is 0 Å². The second-order valence-corrected chi connectivity index (χ2v) is 8.07. The van der Waals surface area contributed by atoms with E-state index in [0.717, 1.165) is 32.5 Å². The van der Waals surface area contributed by atoms with Gasteiger partial charge in [0, 0.05) is 43.9 Å². The van der Waals surface area contributed by atoms with Crippen LogP contribution in [0.1, 0.15) is 40.5 Å². The minimum Gasteiger partial charge on any atom is -0.475 e. The molecule has 0 saturated carbocycles. The number of alkyl halides is 3. The minimum absolute atomic E-state index is 0.333. The standard InChI is InChI=1S/C21H25N5O2.C2HF3O2/c1-16-13-17(3-4-20(16)25-12-8-22-15-25)14-24-9-5-18(6-10-24)26-11-7-19(23-26)21(27)28-2;3-2(4,5)1(6)7/h3-4,7-8,11-13,15,18H,5-6,9-10,14H2,1-2H3;(H,6,7). The van der Waals surface area contributed by atoms with Crippen LogP contribution in [-0.4, -0.2) is 67.7 Å². The Labute approximate surface area is 199 Å². The Morgan fingerprint density at radius 3 is 2.40 bits per heavy atom. The fourth-order valence-electron chi connectivity index (χ4n) is 3.86. The Bertz CT molecular complexity index is 1140. The number of carboxylic acids is 1. The largest absolute Gasteiger partial charge is 0.490 e. The number of imidazole rings is 1. The Morgan fingerprint density at radius 1 is 1.17 bits per heavy atom. The number of hydrogen-bond donors (Lipinski definition) is 1. The summed E-state index contributed by atoms with van der Waals surface area (Å²) in [5, 5.41) is 11.5. The summed E-state index contributed by atoms with van der Waals surface area (Å²) in [5.41, 5.74) is 4.11. The normalized spacial score (nSPS) is 14.8. The molecule has 1 saturated heterocycles. The third-order valence-corrected chi connectivity index (χ3v) is 5.63. The van der Waals surface area contributed by atoms with Crippen LogP contribution >= 0.6 is 0 Å². The van der Waals surface area contributed by atoms with E-state index in [-0.39, 0.29) is 5.97 Å². The van der Waals surface area contributed by atoms with E-state index in [9.17, 15) is 18.0 Å². The highest BCUT2D eigenvalue weighted by atomic mass is 19.4. The lowest BCUT2D eigenvalue weighted by Gasteiger charge is -2.32. The van der Waals surface area contributed by atoms with Crippen LogP contribution in [0, 0.1) is 6.92 Å². The van der Waals surface area contributed by atoms with Gasteiger partial charge >= 0.3 is 18.1 Å². The molecule has 0 amide bonds. The van der Waals surface area contributed by atoms with E-state index >= 15 is 0 Å². The van der Waals surface area contributed by atoms with Gasteiger partial charge in [0.15, 0.2) is 5.69 Å². The van der Waals surface area contributed by atoms with Crippen molar-refractivity contribution in [2.45, 2.75) is 38.5 Å². The fraction of sp³-hybridized carbons (Fsp3) is 0.391. The molecule has 1 aliphatic rings. The number of carbonyl (C=O) groups is 2. The molecule has 188 valence electrons. The summed E-state index contributed by atoms with van der Waals surface area (Å²) in [5.74, 6) is -3.14. The van der Waals surface area contributed by atoms with E-state index in [1.165, 1.54) is 23.9 Å². The second-order valence-electron chi connectivity index (χ2n) is 8.07. The summed E-state index contributed by atoms with van der Waals surface area (Å²) < 4.78 is 40.4. The van der Waals surface area contributed by atoms with Gasteiger partial charge in [0.25, 0.3) is 0 Å².